The lowest BCUT2D eigenvalue weighted by Gasteiger charge is -2.28. The van der Waals surface area contributed by atoms with Gasteiger partial charge in [0.2, 0.25) is 5.95 Å². The SMILES string of the molecule is CCCCOc1ccc(C2C(C(=O)OC)=C(CSc3nnc(-c4ccccc4)s3)Nc3nnnn32)cc1OCC. The van der Waals surface area contributed by atoms with Crippen molar-refractivity contribution in [2.24, 2.45) is 0 Å². The minimum absolute atomic E-state index is 0.393. The molecule has 0 radical (unpaired) electrons. The van der Waals surface area contributed by atoms with Crippen molar-refractivity contribution in [2.75, 3.05) is 31.4 Å². The van der Waals surface area contributed by atoms with Crippen LogP contribution in [0.5, 0.6) is 11.5 Å². The monoisotopic (exact) mass is 579 g/mol. The number of nitrogens with zero attached hydrogens (tertiary/aromatic N) is 6. The van der Waals surface area contributed by atoms with Gasteiger partial charge in [0.05, 0.1) is 25.9 Å². The predicted octanol–water partition coefficient (Wildman–Crippen LogP) is 5.00. The zero-order valence-electron chi connectivity index (χ0n) is 22.4. The number of esters is 1. The Morgan fingerprint density at radius 1 is 1.07 bits per heavy atom. The summed E-state index contributed by atoms with van der Waals surface area (Å²) in [6.45, 7) is 5.08. The van der Waals surface area contributed by atoms with Crippen molar-refractivity contribution in [3.8, 4) is 22.1 Å². The molecule has 0 saturated heterocycles. The maximum absolute atomic E-state index is 13.3. The summed E-state index contributed by atoms with van der Waals surface area (Å²) in [6, 6.07) is 14.9. The van der Waals surface area contributed by atoms with E-state index in [-0.39, 0.29) is 0 Å². The van der Waals surface area contributed by atoms with Crippen LogP contribution in [0.2, 0.25) is 0 Å². The van der Waals surface area contributed by atoms with Crippen molar-refractivity contribution in [1.29, 1.82) is 0 Å². The number of thioether (sulfide) groups is 1. The molecule has 1 aliphatic heterocycles. The van der Waals surface area contributed by atoms with Crippen molar-refractivity contribution >= 4 is 35.0 Å². The third kappa shape index (κ3) is 5.94. The number of unbranched alkanes of at least 4 members (excludes halogenated alkanes) is 1. The molecule has 1 aliphatic rings. The van der Waals surface area contributed by atoms with E-state index >= 15 is 0 Å². The highest BCUT2D eigenvalue weighted by Crippen LogP contribution is 2.40. The van der Waals surface area contributed by atoms with Gasteiger partial charge in [-0.2, -0.15) is 4.68 Å². The third-order valence-corrected chi connectivity index (χ3v) is 8.24. The van der Waals surface area contributed by atoms with E-state index in [1.807, 2.05) is 55.5 Å². The Balaban J connectivity index is 1.48. The first-order chi connectivity index (χ1) is 19.6. The topological polar surface area (TPSA) is 126 Å². The van der Waals surface area contributed by atoms with E-state index in [9.17, 15) is 4.79 Å². The molecule has 0 spiro atoms. The largest absolute Gasteiger partial charge is 0.490 e. The number of nitrogens with one attached hydrogen (secondary N) is 1. The first kappa shape index (κ1) is 27.6. The molecule has 0 aliphatic carbocycles. The molecule has 208 valence electrons. The Hall–Kier alpha value is -3.97. The van der Waals surface area contributed by atoms with Gasteiger partial charge in [0.15, 0.2) is 15.8 Å². The standard InChI is InChI=1S/C27H29N7O4S2/c1-4-6-14-38-20-13-12-18(15-21(20)37-5-2)23-22(25(35)36-3)19(28-26-30-32-33-34(23)26)16-39-27-31-29-24(40-27)17-10-8-7-9-11-17/h7-13,15,23H,4-6,14,16H2,1-3H3,(H,28,30,33). The van der Waals surface area contributed by atoms with Crippen molar-refractivity contribution < 1.29 is 19.0 Å². The molecule has 3 heterocycles. The van der Waals surface area contributed by atoms with E-state index in [0.29, 0.717) is 47.7 Å². The van der Waals surface area contributed by atoms with Crippen LogP contribution in [0, 0.1) is 0 Å². The van der Waals surface area contributed by atoms with Crippen molar-refractivity contribution in [3.05, 3.63) is 65.4 Å². The van der Waals surface area contributed by atoms with E-state index in [2.05, 4.69) is 38.0 Å². The lowest BCUT2D eigenvalue weighted by molar-refractivity contribution is -0.136. The van der Waals surface area contributed by atoms with Crippen LogP contribution >= 0.6 is 23.1 Å². The Kier molecular flexibility index (Phi) is 8.91. The van der Waals surface area contributed by atoms with E-state index < -0.39 is 12.0 Å². The number of benzene rings is 2. The first-order valence-corrected chi connectivity index (χ1v) is 14.7. The molecule has 2 aromatic carbocycles. The molecule has 0 saturated carbocycles. The number of hydrogen-bond acceptors (Lipinski definition) is 12. The van der Waals surface area contributed by atoms with Gasteiger partial charge in [-0.1, -0.05) is 77.9 Å². The summed E-state index contributed by atoms with van der Waals surface area (Å²) in [6.07, 6.45) is 1.96. The maximum Gasteiger partial charge on any atom is 0.338 e. The minimum Gasteiger partial charge on any atom is -0.490 e. The average Bonchev–Trinajstić information content (AvgIpc) is 3.66. The molecule has 0 amide bonds. The van der Waals surface area contributed by atoms with Crippen molar-refractivity contribution in [2.45, 2.75) is 37.1 Å². The van der Waals surface area contributed by atoms with Crippen LogP contribution in [0.15, 0.2) is 64.1 Å². The van der Waals surface area contributed by atoms with Crippen LogP contribution in [0.3, 0.4) is 0 Å². The Morgan fingerprint density at radius 3 is 2.70 bits per heavy atom. The summed E-state index contributed by atoms with van der Waals surface area (Å²) in [7, 11) is 1.36. The number of fused-ring (bicyclic) bond motifs is 1. The summed E-state index contributed by atoms with van der Waals surface area (Å²) in [5, 5.41) is 24.9. The highest BCUT2D eigenvalue weighted by atomic mass is 32.2. The molecule has 1 N–H and O–H groups in total. The molecular weight excluding hydrogens is 550 g/mol. The van der Waals surface area contributed by atoms with Gasteiger partial charge >= 0.3 is 5.97 Å². The molecule has 4 aromatic rings. The van der Waals surface area contributed by atoms with E-state index in [0.717, 1.165) is 33.3 Å². The fourth-order valence-corrected chi connectivity index (χ4v) is 6.04. The first-order valence-electron chi connectivity index (χ1n) is 12.9. The molecule has 1 atom stereocenters. The van der Waals surface area contributed by atoms with Gasteiger partial charge in [-0.15, -0.1) is 10.2 Å². The molecule has 13 heteroatoms. The quantitative estimate of drug-likeness (QED) is 0.138. The maximum atomic E-state index is 13.3. The molecule has 40 heavy (non-hydrogen) atoms. The number of methoxy groups -OCH3 is 1. The highest BCUT2D eigenvalue weighted by Gasteiger charge is 2.36. The number of ether oxygens (including phenoxy) is 3. The van der Waals surface area contributed by atoms with Gasteiger partial charge in [0.25, 0.3) is 0 Å². The Labute approximate surface area is 239 Å². The summed E-state index contributed by atoms with van der Waals surface area (Å²) >= 11 is 2.96. The van der Waals surface area contributed by atoms with Gasteiger partial charge in [-0.05, 0) is 41.5 Å². The summed E-state index contributed by atoms with van der Waals surface area (Å²) in [5.41, 5.74) is 2.78. The summed E-state index contributed by atoms with van der Waals surface area (Å²) < 4.78 is 19.4. The lowest BCUT2D eigenvalue weighted by Crippen LogP contribution is -2.31. The Bertz CT molecular complexity index is 1490. The second kappa shape index (κ2) is 12.9. The second-order valence-electron chi connectivity index (χ2n) is 8.73. The molecule has 2 aromatic heterocycles. The molecule has 0 bridgehead atoms. The van der Waals surface area contributed by atoms with Crippen molar-refractivity contribution in [1.82, 2.24) is 30.4 Å². The lowest BCUT2D eigenvalue weighted by atomic mass is 9.95. The number of rotatable bonds is 12. The minimum atomic E-state index is -0.646. The number of aromatic nitrogens is 6. The van der Waals surface area contributed by atoms with Crippen LogP contribution in [-0.4, -0.2) is 62.5 Å². The van der Waals surface area contributed by atoms with Crippen LogP contribution in [0.25, 0.3) is 10.6 Å². The molecule has 1 unspecified atom stereocenters. The number of tetrazole rings is 1. The Morgan fingerprint density at radius 2 is 1.93 bits per heavy atom. The van der Waals surface area contributed by atoms with Crippen LogP contribution in [0.1, 0.15) is 38.3 Å². The van der Waals surface area contributed by atoms with Crippen LogP contribution in [-0.2, 0) is 9.53 Å². The number of carbonyl (C=O) groups excluding carboxylic acids is 1. The molecule has 0 fully saturated rings. The fourth-order valence-electron chi connectivity index (χ4n) is 4.21. The van der Waals surface area contributed by atoms with Gasteiger partial charge in [0, 0.05) is 17.0 Å². The normalized spacial score (nSPS) is 14.4. The smallest absolute Gasteiger partial charge is 0.338 e. The third-order valence-electron chi connectivity index (χ3n) is 6.11. The number of anilines is 1. The van der Waals surface area contributed by atoms with Gasteiger partial charge in [-0.3, -0.25) is 0 Å². The van der Waals surface area contributed by atoms with Gasteiger partial charge in [0.1, 0.15) is 11.0 Å². The van der Waals surface area contributed by atoms with E-state index in [1.165, 1.54) is 30.2 Å². The highest BCUT2D eigenvalue weighted by molar-refractivity contribution is 8.01. The zero-order chi connectivity index (χ0) is 27.9. The number of carbonyl (C=O) groups is 1. The molecular formula is C27H29N7O4S2. The summed E-state index contributed by atoms with van der Waals surface area (Å²) in [5.74, 6) is 1.56. The average molecular weight is 580 g/mol. The summed E-state index contributed by atoms with van der Waals surface area (Å²) in [4.78, 5) is 13.3. The number of hydrogen-bond donors (Lipinski definition) is 1. The predicted molar refractivity (Wildman–Crippen MR) is 153 cm³/mol. The second-order valence-corrected chi connectivity index (χ2v) is 10.9. The van der Waals surface area contributed by atoms with E-state index in [4.69, 9.17) is 14.2 Å². The van der Waals surface area contributed by atoms with Crippen LogP contribution in [0.4, 0.5) is 5.95 Å². The van der Waals surface area contributed by atoms with Gasteiger partial charge < -0.3 is 19.5 Å². The van der Waals surface area contributed by atoms with Crippen LogP contribution < -0.4 is 14.8 Å². The molecule has 5 rings (SSSR count). The van der Waals surface area contributed by atoms with E-state index in [1.54, 1.807) is 4.68 Å². The van der Waals surface area contributed by atoms with Crippen molar-refractivity contribution in [3.63, 3.8) is 0 Å². The fraction of sp³-hybridized carbons (Fsp3) is 0.333. The zero-order valence-corrected chi connectivity index (χ0v) is 24.0. The molecule has 11 nitrogen and oxygen atoms in total. The van der Waals surface area contributed by atoms with Gasteiger partial charge in [-0.25, -0.2) is 4.79 Å².